The van der Waals surface area contributed by atoms with E-state index in [-0.39, 0.29) is 30.5 Å². The van der Waals surface area contributed by atoms with E-state index in [1.807, 2.05) is 0 Å². The second kappa shape index (κ2) is 8.71. The first-order valence-corrected chi connectivity index (χ1v) is 10.3. The number of sulfonamides is 1. The van der Waals surface area contributed by atoms with Crippen molar-refractivity contribution in [2.24, 2.45) is 0 Å². The predicted octanol–water partition coefficient (Wildman–Crippen LogP) is 1.68. The average molecular weight is 448 g/mol. The van der Waals surface area contributed by atoms with E-state index in [1.165, 1.54) is 31.3 Å². The summed E-state index contributed by atoms with van der Waals surface area (Å²) in [6.07, 6.45) is -5.97. The highest BCUT2D eigenvalue weighted by molar-refractivity contribution is 7.89. The van der Waals surface area contributed by atoms with Crippen LogP contribution in [0.25, 0.3) is 0 Å². The lowest BCUT2D eigenvalue weighted by atomic mass is 10.1. The monoisotopic (exact) mass is 448 g/mol. The van der Waals surface area contributed by atoms with Crippen LogP contribution in [0.1, 0.15) is 12.0 Å². The summed E-state index contributed by atoms with van der Waals surface area (Å²) >= 11 is 0. The third kappa shape index (κ3) is 5.16. The molecular weight excluding hydrogens is 429 g/mol. The van der Waals surface area contributed by atoms with Crippen molar-refractivity contribution >= 4 is 21.7 Å². The fourth-order valence-electron chi connectivity index (χ4n) is 2.63. The zero-order chi connectivity index (χ0) is 21.9. The Balaban J connectivity index is 1.85. The lowest BCUT2D eigenvalue weighted by molar-refractivity contribution is -0.142. The minimum atomic E-state index is -4.77. The lowest BCUT2D eigenvalue weighted by Crippen LogP contribution is -2.41. The van der Waals surface area contributed by atoms with E-state index in [4.69, 9.17) is 9.47 Å². The number of aliphatic hydroxyl groups excluding tert-OH is 1. The largest absolute Gasteiger partial charge is 0.469 e. The number of halogens is 3. The normalized spacial score (nSPS) is 20.0. The molecule has 1 aliphatic rings. The maximum atomic E-state index is 13.3. The van der Waals surface area contributed by atoms with E-state index in [0.29, 0.717) is 11.9 Å². The lowest BCUT2D eigenvalue weighted by Gasteiger charge is -2.28. The van der Waals surface area contributed by atoms with E-state index >= 15 is 0 Å². The first-order valence-electron chi connectivity index (χ1n) is 8.77. The molecule has 13 heteroatoms. The van der Waals surface area contributed by atoms with Crippen molar-refractivity contribution in [1.29, 1.82) is 0 Å². The highest BCUT2D eigenvalue weighted by Crippen LogP contribution is 2.36. The number of hydrogen-bond acceptors (Lipinski definition) is 8. The molecule has 3 rings (SSSR count). The standard InChI is InChI=1S/C17H19F3N4O5S/c1-21-30(26,27)11-4-2-10(3-5-11)23-16-22-8-12(17(18,19)20)15(24-16)29-14-9-28-7-6-13(14)25/h2-5,8,13-14,21,25H,6-7,9H2,1H3,(H,22,23,24). The first kappa shape index (κ1) is 22.2. The maximum Gasteiger partial charge on any atom is 0.423 e. The van der Waals surface area contributed by atoms with Crippen LogP contribution in [-0.2, 0) is 20.9 Å². The zero-order valence-corrected chi connectivity index (χ0v) is 16.5. The Bertz CT molecular complexity index is 986. The van der Waals surface area contributed by atoms with Gasteiger partial charge in [-0.25, -0.2) is 18.1 Å². The van der Waals surface area contributed by atoms with E-state index < -0.39 is 39.9 Å². The minimum absolute atomic E-state index is 0.0131. The summed E-state index contributed by atoms with van der Waals surface area (Å²) in [6.45, 7) is 0.204. The van der Waals surface area contributed by atoms with Gasteiger partial charge in [0.1, 0.15) is 11.7 Å². The molecule has 1 aliphatic heterocycles. The van der Waals surface area contributed by atoms with Crippen molar-refractivity contribution < 1.29 is 36.2 Å². The maximum absolute atomic E-state index is 13.3. The third-order valence-corrected chi connectivity index (χ3v) is 5.71. The van der Waals surface area contributed by atoms with Crippen LogP contribution in [0, 0.1) is 0 Å². The quantitative estimate of drug-likeness (QED) is 0.610. The van der Waals surface area contributed by atoms with Gasteiger partial charge in [-0.2, -0.15) is 18.2 Å². The summed E-state index contributed by atoms with van der Waals surface area (Å²) in [6, 6.07) is 5.44. The fraction of sp³-hybridized carbons (Fsp3) is 0.412. The Morgan fingerprint density at radius 2 is 1.97 bits per heavy atom. The molecule has 1 aromatic heterocycles. The topological polar surface area (TPSA) is 123 Å². The van der Waals surface area contributed by atoms with Gasteiger partial charge in [0.05, 0.1) is 17.6 Å². The van der Waals surface area contributed by atoms with Gasteiger partial charge in [-0.1, -0.05) is 0 Å². The van der Waals surface area contributed by atoms with E-state index in [0.717, 1.165) is 0 Å². The molecule has 2 aromatic rings. The number of aromatic nitrogens is 2. The molecule has 9 nitrogen and oxygen atoms in total. The summed E-state index contributed by atoms with van der Waals surface area (Å²) in [5.74, 6) is -0.947. The Kier molecular flexibility index (Phi) is 6.45. The van der Waals surface area contributed by atoms with Gasteiger partial charge in [0.25, 0.3) is 0 Å². The summed E-state index contributed by atoms with van der Waals surface area (Å²) in [4.78, 5) is 7.46. The molecule has 1 aromatic carbocycles. The van der Waals surface area contributed by atoms with Crippen LogP contribution in [-0.4, -0.2) is 56.0 Å². The van der Waals surface area contributed by atoms with E-state index in [1.54, 1.807) is 0 Å². The molecule has 0 spiro atoms. The molecular formula is C17H19F3N4O5S. The molecule has 1 saturated heterocycles. The Labute approximate surface area is 170 Å². The van der Waals surface area contributed by atoms with Gasteiger partial charge in [0, 0.05) is 24.9 Å². The van der Waals surface area contributed by atoms with Crippen LogP contribution in [0.15, 0.2) is 35.4 Å². The number of alkyl halides is 3. The van der Waals surface area contributed by atoms with Gasteiger partial charge in [-0.05, 0) is 31.3 Å². The number of nitrogens with one attached hydrogen (secondary N) is 2. The number of ether oxygens (including phenoxy) is 2. The SMILES string of the molecule is CNS(=O)(=O)c1ccc(Nc2ncc(C(F)(F)F)c(OC3COCCC3O)n2)cc1. The van der Waals surface area contributed by atoms with E-state index in [2.05, 4.69) is 20.0 Å². The van der Waals surface area contributed by atoms with Gasteiger partial charge < -0.3 is 19.9 Å². The van der Waals surface area contributed by atoms with Gasteiger partial charge in [0.2, 0.25) is 21.9 Å². The highest BCUT2D eigenvalue weighted by Gasteiger charge is 2.38. The Hall–Kier alpha value is -2.48. The summed E-state index contributed by atoms with van der Waals surface area (Å²) in [7, 11) is -2.36. The first-order chi connectivity index (χ1) is 14.1. The number of hydrogen-bond donors (Lipinski definition) is 3. The van der Waals surface area contributed by atoms with Crippen molar-refractivity contribution in [2.75, 3.05) is 25.6 Å². The van der Waals surface area contributed by atoms with E-state index in [9.17, 15) is 26.7 Å². The molecule has 0 radical (unpaired) electrons. The Morgan fingerprint density at radius 3 is 2.57 bits per heavy atom. The van der Waals surface area contributed by atoms with Crippen LogP contribution >= 0.6 is 0 Å². The molecule has 2 unspecified atom stereocenters. The number of aliphatic hydroxyl groups is 1. The Morgan fingerprint density at radius 1 is 1.27 bits per heavy atom. The van der Waals surface area contributed by atoms with Gasteiger partial charge in [-0.15, -0.1) is 0 Å². The van der Waals surface area contributed by atoms with Gasteiger partial charge in [-0.3, -0.25) is 0 Å². The zero-order valence-electron chi connectivity index (χ0n) is 15.7. The van der Waals surface area contributed by atoms with Crippen molar-refractivity contribution in [2.45, 2.75) is 29.7 Å². The second-order valence-electron chi connectivity index (χ2n) is 6.35. The van der Waals surface area contributed by atoms with Crippen molar-refractivity contribution in [3.05, 3.63) is 36.0 Å². The highest BCUT2D eigenvalue weighted by atomic mass is 32.2. The fourth-order valence-corrected chi connectivity index (χ4v) is 3.36. The number of anilines is 2. The number of nitrogens with zero attached hydrogens (tertiary/aromatic N) is 2. The third-order valence-electron chi connectivity index (χ3n) is 4.28. The van der Waals surface area contributed by atoms with Crippen LogP contribution in [0.2, 0.25) is 0 Å². The van der Waals surface area contributed by atoms with Gasteiger partial charge >= 0.3 is 6.18 Å². The molecule has 0 bridgehead atoms. The summed E-state index contributed by atoms with van der Waals surface area (Å²) in [5, 5.41) is 12.6. The van der Waals surface area contributed by atoms with Crippen LogP contribution in [0.5, 0.6) is 5.88 Å². The molecule has 1 fully saturated rings. The average Bonchev–Trinajstić information content (AvgIpc) is 2.69. The van der Waals surface area contributed by atoms with Crippen molar-refractivity contribution in [3.8, 4) is 5.88 Å². The molecule has 0 amide bonds. The molecule has 0 aliphatic carbocycles. The molecule has 2 atom stereocenters. The second-order valence-corrected chi connectivity index (χ2v) is 8.24. The number of benzene rings is 1. The van der Waals surface area contributed by atoms with Crippen LogP contribution < -0.4 is 14.8 Å². The molecule has 3 N–H and O–H groups in total. The number of rotatable bonds is 6. The molecule has 164 valence electrons. The van der Waals surface area contributed by atoms with Crippen molar-refractivity contribution in [3.63, 3.8) is 0 Å². The van der Waals surface area contributed by atoms with Gasteiger partial charge in [0.15, 0.2) is 0 Å². The molecule has 2 heterocycles. The summed E-state index contributed by atoms with van der Waals surface area (Å²) < 4.78 is 76.1. The summed E-state index contributed by atoms with van der Waals surface area (Å²) in [5.41, 5.74) is -0.849. The van der Waals surface area contributed by atoms with Crippen LogP contribution in [0.4, 0.5) is 24.8 Å². The van der Waals surface area contributed by atoms with Crippen molar-refractivity contribution in [1.82, 2.24) is 14.7 Å². The predicted molar refractivity (Wildman–Crippen MR) is 98.9 cm³/mol. The smallest absolute Gasteiger partial charge is 0.423 e. The van der Waals surface area contributed by atoms with Crippen LogP contribution in [0.3, 0.4) is 0 Å². The molecule has 30 heavy (non-hydrogen) atoms. The molecule has 0 saturated carbocycles. The minimum Gasteiger partial charge on any atom is -0.469 e.